The van der Waals surface area contributed by atoms with Gasteiger partial charge < -0.3 is 23.7 Å². The first kappa shape index (κ1) is 16.9. The Bertz CT molecular complexity index is 489. The first-order chi connectivity index (χ1) is 11.1. The highest BCUT2D eigenvalue weighted by Crippen LogP contribution is 2.36. The molecule has 3 rings (SSSR count). The van der Waals surface area contributed by atoms with E-state index in [1.807, 2.05) is 32.0 Å². The SMILES string of the molecule is CO[C@H]1COC[C@H]2OC(C)(C)O[C@H]2[C@@H]1COCc1ccccc1. The Balaban J connectivity index is 1.65. The predicted molar refractivity (Wildman–Crippen MR) is 85.0 cm³/mol. The molecule has 128 valence electrons. The van der Waals surface area contributed by atoms with Crippen molar-refractivity contribution in [1.82, 2.24) is 0 Å². The molecule has 2 fully saturated rings. The molecule has 2 heterocycles. The number of ether oxygens (including phenoxy) is 5. The van der Waals surface area contributed by atoms with E-state index in [-0.39, 0.29) is 24.2 Å². The predicted octanol–water partition coefficient (Wildman–Crippen LogP) is 2.38. The zero-order chi connectivity index (χ0) is 16.3. The van der Waals surface area contributed by atoms with Crippen molar-refractivity contribution in [2.75, 3.05) is 26.9 Å². The zero-order valence-electron chi connectivity index (χ0n) is 14.1. The van der Waals surface area contributed by atoms with Crippen molar-refractivity contribution < 1.29 is 23.7 Å². The molecule has 0 bridgehead atoms. The van der Waals surface area contributed by atoms with E-state index < -0.39 is 5.79 Å². The molecule has 5 heteroatoms. The molecule has 0 N–H and O–H groups in total. The van der Waals surface area contributed by atoms with Gasteiger partial charge in [-0.05, 0) is 19.4 Å². The van der Waals surface area contributed by atoms with E-state index in [1.54, 1.807) is 7.11 Å². The summed E-state index contributed by atoms with van der Waals surface area (Å²) in [4.78, 5) is 0. The Hall–Kier alpha value is -0.980. The maximum Gasteiger partial charge on any atom is 0.163 e. The molecule has 0 aromatic heterocycles. The van der Waals surface area contributed by atoms with Crippen molar-refractivity contribution in [3.63, 3.8) is 0 Å². The van der Waals surface area contributed by atoms with Crippen LogP contribution in [0.4, 0.5) is 0 Å². The summed E-state index contributed by atoms with van der Waals surface area (Å²) < 4.78 is 29.4. The van der Waals surface area contributed by atoms with Gasteiger partial charge >= 0.3 is 0 Å². The molecule has 0 aliphatic carbocycles. The minimum Gasteiger partial charge on any atom is -0.379 e. The van der Waals surface area contributed by atoms with Crippen molar-refractivity contribution in [3.05, 3.63) is 35.9 Å². The van der Waals surface area contributed by atoms with Gasteiger partial charge in [0, 0.05) is 13.0 Å². The van der Waals surface area contributed by atoms with Crippen LogP contribution in [-0.4, -0.2) is 51.0 Å². The Kier molecular flexibility index (Phi) is 5.34. The lowest BCUT2D eigenvalue weighted by Gasteiger charge is -2.29. The average molecular weight is 322 g/mol. The lowest BCUT2D eigenvalue weighted by atomic mass is 9.94. The van der Waals surface area contributed by atoms with Gasteiger partial charge in [0.05, 0.1) is 38.6 Å². The molecule has 23 heavy (non-hydrogen) atoms. The fourth-order valence-electron chi connectivity index (χ4n) is 3.32. The third-order valence-electron chi connectivity index (χ3n) is 4.41. The van der Waals surface area contributed by atoms with E-state index in [0.29, 0.717) is 26.4 Å². The first-order valence-corrected chi connectivity index (χ1v) is 8.17. The Labute approximate surface area is 137 Å². The fraction of sp³-hybridized carbons (Fsp3) is 0.667. The van der Waals surface area contributed by atoms with E-state index in [0.717, 1.165) is 5.56 Å². The van der Waals surface area contributed by atoms with E-state index in [9.17, 15) is 0 Å². The van der Waals surface area contributed by atoms with Crippen molar-refractivity contribution >= 4 is 0 Å². The topological polar surface area (TPSA) is 46.2 Å². The van der Waals surface area contributed by atoms with Gasteiger partial charge in [0.2, 0.25) is 0 Å². The molecule has 4 atom stereocenters. The fourth-order valence-corrected chi connectivity index (χ4v) is 3.32. The van der Waals surface area contributed by atoms with Gasteiger partial charge in [-0.15, -0.1) is 0 Å². The lowest BCUT2D eigenvalue weighted by molar-refractivity contribution is -0.170. The highest BCUT2D eigenvalue weighted by molar-refractivity contribution is 5.13. The Morgan fingerprint density at radius 1 is 1.13 bits per heavy atom. The molecule has 2 saturated heterocycles. The summed E-state index contributed by atoms with van der Waals surface area (Å²) in [7, 11) is 1.71. The third-order valence-corrected chi connectivity index (χ3v) is 4.41. The molecule has 0 unspecified atom stereocenters. The lowest BCUT2D eigenvalue weighted by Crippen LogP contribution is -2.41. The molecule has 1 aromatic rings. The van der Waals surface area contributed by atoms with Crippen LogP contribution in [-0.2, 0) is 30.3 Å². The molecule has 5 nitrogen and oxygen atoms in total. The maximum absolute atomic E-state index is 6.12. The number of hydrogen-bond acceptors (Lipinski definition) is 5. The number of rotatable bonds is 5. The maximum atomic E-state index is 6.12. The van der Waals surface area contributed by atoms with Crippen LogP contribution in [0.25, 0.3) is 0 Å². The van der Waals surface area contributed by atoms with E-state index in [1.165, 1.54) is 0 Å². The number of hydrogen-bond donors (Lipinski definition) is 0. The summed E-state index contributed by atoms with van der Waals surface area (Å²) in [6.07, 6.45) is -0.207. The Morgan fingerprint density at radius 3 is 2.65 bits per heavy atom. The minimum atomic E-state index is -0.591. The molecule has 0 spiro atoms. The van der Waals surface area contributed by atoms with Crippen LogP contribution in [0.1, 0.15) is 19.4 Å². The average Bonchev–Trinajstić information content (AvgIpc) is 2.76. The van der Waals surface area contributed by atoms with Gasteiger partial charge in [-0.2, -0.15) is 0 Å². The van der Waals surface area contributed by atoms with Gasteiger partial charge in [0.25, 0.3) is 0 Å². The van der Waals surface area contributed by atoms with Gasteiger partial charge in [-0.25, -0.2) is 0 Å². The van der Waals surface area contributed by atoms with Crippen LogP contribution in [0.15, 0.2) is 30.3 Å². The molecule has 0 amide bonds. The van der Waals surface area contributed by atoms with Crippen LogP contribution < -0.4 is 0 Å². The third kappa shape index (κ3) is 4.11. The van der Waals surface area contributed by atoms with E-state index in [2.05, 4.69) is 12.1 Å². The molecule has 2 aliphatic heterocycles. The molecule has 0 saturated carbocycles. The highest BCUT2D eigenvalue weighted by Gasteiger charge is 2.49. The Morgan fingerprint density at radius 2 is 1.91 bits per heavy atom. The highest BCUT2D eigenvalue weighted by atomic mass is 16.8. The summed E-state index contributed by atoms with van der Waals surface area (Å²) in [5.74, 6) is -0.510. The van der Waals surface area contributed by atoms with Crippen molar-refractivity contribution in [2.24, 2.45) is 5.92 Å². The first-order valence-electron chi connectivity index (χ1n) is 8.17. The van der Waals surface area contributed by atoms with Gasteiger partial charge in [0.15, 0.2) is 5.79 Å². The molecular formula is C18H26O5. The largest absolute Gasteiger partial charge is 0.379 e. The number of methoxy groups -OCH3 is 1. The van der Waals surface area contributed by atoms with Crippen LogP contribution in [0.5, 0.6) is 0 Å². The van der Waals surface area contributed by atoms with Crippen molar-refractivity contribution in [3.8, 4) is 0 Å². The summed E-state index contributed by atoms with van der Waals surface area (Å²) in [5, 5.41) is 0. The molecule has 1 aromatic carbocycles. The van der Waals surface area contributed by atoms with Gasteiger partial charge in [-0.1, -0.05) is 30.3 Å². The van der Waals surface area contributed by atoms with E-state index in [4.69, 9.17) is 23.7 Å². The summed E-state index contributed by atoms with van der Waals surface area (Å²) >= 11 is 0. The smallest absolute Gasteiger partial charge is 0.163 e. The molecule has 2 aliphatic rings. The molecular weight excluding hydrogens is 296 g/mol. The number of fused-ring (bicyclic) bond motifs is 1. The van der Waals surface area contributed by atoms with Gasteiger partial charge in [0.1, 0.15) is 6.10 Å². The second-order valence-electron chi connectivity index (χ2n) is 6.61. The van der Waals surface area contributed by atoms with Crippen molar-refractivity contribution in [2.45, 2.75) is 44.6 Å². The molecule has 0 radical (unpaired) electrons. The monoisotopic (exact) mass is 322 g/mol. The van der Waals surface area contributed by atoms with Gasteiger partial charge in [-0.3, -0.25) is 0 Å². The minimum absolute atomic E-state index is 0.0572. The van der Waals surface area contributed by atoms with Crippen LogP contribution >= 0.6 is 0 Å². The quantitative estimate of drug-likeness (QED) is 0.833. The summed E-state index contributed by atoms with van der Waals surface area (Å²) in [6, 6.07) is 10.2. The summed E-state index contributed by atoms with van der Waals surface area (Å²) in [5.41, 5.74) is 1.16. The van der Waals surface area contributed by atoms with E-state index >= 15 is 0 Å². The van der Waals surface area contributed by atoms with Crippen LogP contribution in [0.3, 0.4) is 0 Å². The van der Waals surface area contributed by atoms with Crippen LogP contribution in [0, 0.1) is 5.92 Å². The normalized spacial score (nSPS) is 33.2. The second kappa shape index (κ2) is 7.28. The second-order valence-corrected chi connectivity index (χ2v) is 6.61. The van der Waals surface area contributed by atoms with Crippen LogP contribution in [0.2, 0.25) is 0 Å². The van der Waals surface area contributed by atoms with Crippen molar-refractivity contribution in [1.29, 1.82) is 0 Å². The standard InChI is InChI=1S/C18H26O5/c1-18(2)22-16-12-21-11-15(19-3)14(17(16)23-18)10-20-9-13-7-5-4-6-8-13/h4-8,14-17H,9-12H2,1-3H3/t14-,15+,16-,17+/m1/s1. The number of benzene rings is 1. The zero-order valence-corrected chi connectivity index (χ0v) is 14.1. The summed E-state index contributed by atoms with van der Waals surface area (Å²) in [6.45, 7) is 6.07.